The average Bonchev–Trinajstić information content (AvgIpc) is 3.90. The van der Waals surface area contributed by atoms with E-state index < -0.39 is 17.4 Å². The second-order valence-electron chi connectivity index (χ2n) is 11.2. The second-order valence-corrected chi connectivity index (χ2v) is 11.2. The molecule has 2 saturated heterocycles. The highest BCUT2D eigenvalue weighted by Gasteiger charge is 2.60. The summed E-state index contributed by atoms with van der Waals surface area (Å²) in [5, 5.41) is 0. The number of benzene rings is 4. The van der Waals surface area contributed by atoms with Gasteiger partial charge in [0.15, 0.2) is 12.2 Å². The van der Waals surface area contributed by atoms with E-state index in [-0.39, 0.29) is 12.2 Å². The van der Waals surface area contributed by atoms with Crippen LogP contribution < -0.4 is 9.47 Å². The minimum atomic E-state index is -1.01. The van der Waals surface area contributed by atoms with Crippen molar-refractivity contribution in [1.29, 1.82) is 0 Å². The molecule has 224 valence electrons. The summed E-state index contributed by atoms with van der Waals surface area (Å²) < 4.78 is 35.7. The van der Waals surface area contributed by atoms with Crippen molar-refractivity contribution in [3.8, 4) is 11.5 Å². The first-order chi connectivity index (χ1) is 21.0. The normalized spacial score (nSPS) is 24.4. The molecule has 0 amide bonds. The lowest BCUT2D eigenvalue weighted by Crippen LogP contribution is -2.31. The maximum Gasteiger partial charge on any atom is 0.355 e. The smallest absolute Gasteiger partial charge is 0.355 e. The quantitative estimate of drug-likeness (QED) is 0.0861. The van der Waals surface area contributed by atoms with Crippen molar-refractivity contribution in [3.05, 3.63) is 131 Å². The summed E-state index contributed by atoms with van der Waals surface area (Å²) in [6.45, 7) is 9.20. The van der Waals surface area contributed by atoms with Gasteiger partial charge in [-0.25, -0.2) is 0 Å². The summed E-state index contributed by atoms with van der Waals surface area (Å²) in [7, 11) is 0. The molecule has 2 heterocycles. The molecular weight excluding hydrogens is 540 g/mol. The molecule has 4 aromatic carbocycles. The Hall–Kier alpha value is -3.68. The molecule has 6 heteroatoms. The standard InChI is InChI=1S/C37H40O6/c1-5-25-38-36(27(3)40-36)42-33-21-17-31(18-22-33)35(29-13-9-7-10-14-29,30-15-11-8-12-16-30)32-19-23-34(24-20-32)43-37(28(4)41-37)39-26-6-2/h7-24,27-28H,5-6,25-26H2,1-4H3. The van der Waals surface area contributed by atoms with Crippen LogP contribution >= 0.6 is 0 Å². The Morgan fingerprint density at radius 2 is 0.860 bits per heavy atom. The van der Waals surface area contributed by atoms with Crippen LogP contribution in [0.1, 0.15) is 62.8 Å². The van der Waals surface area contributed by atoms with E-state index in [1.165, 1.54) is 0 Å². The molecule has 2 fully saturated rings. The number of hydrogen-bond acceptors (Lipinski definition) is 6. The molecule has 0 saturated carbocycles. The maximum atomic E-state index is 6.23. The zero-order chi connectivity index (χ0) is 29.9. The fraction of sp³-hybridized carbons (Fsp3) is 0.351. The van der Waals surface area contributed by atoms with Crippen molar-refractivity contribution >= 4 is 0 Å². The SMILES string of the molecule is CCCOC1(Oc2ccc(C(c3ccccc3)(c3ccccc3)c3ccc(OC4(OCCC)OC4C)cc3)cc2)OC1C. The molecule has 6 nitrogen and oxygen atoms in total. The number of epoxide rings is 2. The topological polar surface area (TPSA) is 62.0 Å². The predicted octanol–water partition coefficient (Wildman–Crippen LogP) is 7.83. The number of hydrogen-bond donors (Lipinski definition) is 0. The molecule has 0 bridgehead atoms. The number of ether oxygens (including phenoxy) is 6. The van der Waals surface area contributed by atoms with E-state index in [0.717, 1.165) is 35.1 Å². The molecule has 4 atom stereocenters. The highest BCUT2D eigenvalue weighted by atomic mass is 17.0. The van der Waals surface area contributed by atoms with Gasteiger partial charge in [-0.2, -0.15) is 0 Å². The highest BCUT2D eigenvalue weighted by Crippen LogP contribution is 2.47. The van der Waals surface area contributed by atoms with E-state index >= 15 is 0 Å². The van der Waals surface area contributed by atoms with E-state index in [0.29, 0.717) is 24.7 Å². The third kappa shape index (κ3) is 5.68. The summed E-state index contributed by atoms with van der Waals surface area (Å²) in [6.07, 6.45) is 1.53. The van der Waals surface area contributed by atoms with Crippen LogP contribution in [-0.4, -0.2) is 37.4 Å². The Morgan fingerprint density at radius 1 is 0.535 bits per heavy atom. The fourth-order valence-corrected chi connectivity index (χ4v) is 5.74. The van der Waals surface area contributed by atoms with Gasteiger partial charge in [0.05, 0.1) is 18.6 Å². The Bertz CT molecular complexity index is 1360. The molecule has 0 radical (unpaired) electrons. The maximum absolute atomic E-state index is 6.23. The zero-order valence-electron chi connectivity index (χ0n) is 25.3. The minimum absolute atomic E-state index is 0.122. The van der Waals surface area contributed by atoms with Crippen LogP contribution in [-0.2, 0) is 24.4 Å². The molecule has 6 rings (SSSR count). The van der Waals surface area contributed by atoms with Gasteiger partial charge >= 0.3 is 11.9 Å². The summed E-state index contributed by atoms with van der Waals surface area (Å²) in [4.78, 5) is 0. The first-order valence-corrected chi connectivity index (χ1v) is 15.3. The van der Waals surface area contributed by atoms with Crippen LogP contribution in [0.2, 0.25) is 0 Å². The molecule has 2 aliphatic heterocycles. The van der Waals surface area contributed by atoms with E-state index in [2.05, 4.69) is 86.6 Å². The summed E-state index contributed by atoms with van der Waals surface area (Å²) >= 11 is 0. The van der Waals surface area contributed by atoms with E-state index in [1.54, 1.807) is 0 Å². The molecule has 4 unspecified atom stereocenters. The van der Waals surface area contributed by atoms with Crippen molar-refractivity contribution in [2.24, 2.45) is 0 Å². The van der Waals surface area contributed by atoms with Crippen LogP contribution in [0.15, 0.2) is 109 Å². The van der Waals surface area contributed by atoms with Crippen LogP contribution in [0.4, 0.5) is 0 Å². The Labute approximate surface area is 254 Å². The summed E-state index contributed by atoms with van der Waals surface area (Å²) in [5.41, 5.74) is 3.88. The monoisotopic (exact) mass is 580 g/mol. The van der Waals surface area contributed by atoms with Crippen molar-refractivity contribution < 1.29 is 28.4 Å². The van der Waals surface area contributed by atoms with E-state index in [1.807, 2.05) is 50.2 Å². The van der Waals surface area contributed by atoms with Gasteiger partial charge in [0, 0.05) is 0 Å². The zero-order valence-corrected chi connectivity index (χ0v) is 25.3. The van der Waals surface area contributed by atoms with Gasteiger partial charge in [-0.1, -0.05) is 98.8 Å². The molecule has 0 spiro atoms. The molecular formula is C37H40O6. The first-order valence-electron chi connectivity index (χ1n) is 15.3. The average molecular weight is 581 g/mol. The van der Waals surface area contributed by atoms with Gasteiger partial charge in [0.25, 0.3) is 0 Å². The lowest BCUT2D eigenvalue weighted by Gasteiger charge is -2.37. The van der Waals surface area contributed by atoms with Crippen molar-refractivity contribution in [2.45, 2.75) is 70.1 Å². The predicted molar refractivity (Wildman–Crippen MR) is 165 cm³/mol. The third-order valence-corrected chi connectivity index (χ3v) is 8.09. The molecule has 0 N–H and O–H groups in total. The van der Waals surface area contributed by atoms with Crippen molar-refractivity contribution in [3.63, 3.8) is 0 Å². The van der Waals surface area contributed by atoms with Crippen LogP contribution in [0.25, 0.3) is 0 Å². The Kier molecular flexibility index (Phi) is 8.29. The largest absolute Gasteiger partial charge is 0.437 e. The Morgan fingerprint density at radius 3 is 1.16 bits per heavy atom. The highest BCUT2D eigenvalue weighted by molar-refractivity contribution is 5.60. The molecule has 43 heavy (non-hydrogen) atoms. The fourth-order valence-electron chi connectivity index (χ4n) is 5.74. The van der Waals surface area contributed by atoms with Crippen molar-refractivity contribution in [2.75, 3.05) is 13.2 Å². The van der Waals surface area contributed by atoms with E-state index in [9.17, 15) is 0 Å². The number of rotatable bonds is 14. The van der Waals surface area contributed by atoms with Crippen LogP contribution in [0.5, 0.6) is 11.5 Å². The van der Waals surface area contributed by atoms with Gasteiger partial charge in [-0.15, -0.1) is 0 Å². The first kappa shape index (κ1) is 29.4. The van der Waals surface area contributed by atoms with E-state index in [4.69, 9.17) is 28.4 Å². The summed E-state index contributed by atoms with van der Waals surface area (Å²) in [6, 6.07) is 37.7. The lowest BCUT2D eigenvalue weighted by molar-refractivity contribution is -0.174. The third-order valence-electron chi connectivity index (χ3n) is 8.09. The van der Waals surface area contributed by atoms with Crippen LogP contribution in [0, 0.1) is 0 Å². The van der Waals surface area contributed by atoms with Gasteiger partial charge in [-0.3, -0.25) is 0 Å². The molecule has 0 aliphatic carbocycles. The molecule has 0 aromatic heterocycles. The molecule has 2 aliphatic rings. The van der Waals surface area contributed by atoms with Gasteiger partial charge in [-0.05, 0) is 73.2 Å². The van der Waals surface area contributed by atoms with Crippen molar-refractivity contribution in [1.82, 2.24) is 0 Å². The summed E-state index contributed by atoms with van der Waals surface area (Å²) in [5.74, 6) is -0.632. The second kappa shape index (κ2) is 12.1. The van der Waals surface area contributed by atoms with Crippen LogP contribution in [0.3, 0.4) is 0 Å². The Balaban J connectivity index is 1.40. The van der Waals surface area contributed by atoms with Gasteiger partial charge < -0.3 is 28.4 Å². The lowest BCUT2D eigenvalue weighted by atomic mass is 9.65. The minimum Gasteiger partial charge on any atom is -0.437 e. The van der Waals surface area contributed by atoms with Gasteiger partial charge in [0.1, 0.15) is 11.5 Å². The molecule has 4 aromatic rings. The van der Waals surface area contributed by atoms with Gasteiger partial charge in [0.2, 0.25) is 0 Å².